The standard InChI is InChI=1S/C22H27ClN4O6S/c1-15(2)24-22(29)16(3)25(13-17-8-5-6-11-20(17)23)21(28)14-26(34(4,32)33)18-9-7-10-19(12-18)27(30)31/h5-12,15-16H,13-14H2,1-4H3,(H,24,29)/t16-/m0/s1. The van der Waals surface area contributed by atoms with E-state index in [1.54, 1.807) is 38.1 Å². The predicted molar refractivity (Wildman–Crippen MR) is 130 cm³/mol. The van der Waals surface area contributed by atoms with Crippen molar-refractivity contribution in [1.82, 2.24) is 10.2 Å². The van der Waals surface area contributed by atoms with Gasteiger partial charge in [-0.2, -0.15) is 0 Å². The van der Waals surface area contributed by atoms with Crippen molar-refractivity contribution in [1.29, 1.82) is 0 Å². The summed E-state index contributed by atoms with van der Waals surface area (Å²) < 4.78 is 25.8. The van der Waals surface area contributed by atoms with Gasteiger partial charge < -0.3 is 10.2 Å². The van der Waals surface area contributed by atoms with E-state index in [1.807, 2.05) is 0 Å². The molecule has 1 N–H and O–H groups in total. The summed E-state index contributed by atoms with van der Waals surface area (Å²) in [5.41, 5.74) is 0.209. The second kappa shape index (κ2) is 11.3. The second-order valence-corrected chi connectivity index (χ2v) is 10.3. The molecule has 0 aliphatic heterocycles. The first-order chi connectivity index (χ1) is 15.8. The van der Waals surface area contributed by atoms with Crippen molar-refractivity contribution < 1.29 is 22.9 Å². The number of nitrogens with zero attached hydrogens (tertiary/aromatic N) is 3. The largest absolute Gasteiger partial charge is 0.352 e. The lowest BCUT2D eigenvalue weighted by atomic mass is 10.1. The number of nitro groups is 1. The molecule has 0 unspecified atom stereocenters. The molecule has 0 aromatic heterocycles. The number of anilines is 1. The molecule has 0 heterocycles. The minimum Gasteiger partial charge on any atom is -0.352 e. The van der Waals surface area contributed by atoms with E-state index in [0.29, 0.717) is 10.6 Å². The van der Waals surface area contributed by atoms with Crippen LogP contribution in [0.25, 0.3) is 0 Å². The molecule has 0 saturated carbocycles. The zero-order valence-electron chi connectivity index (χ0n) is 19.3. The molecule has 2 aromatic carbocycles. The van der Waals surface area contributed by atoms with E-state index in [2.05, 4.69) is 5.32 Å². The van der Waals surface area contributed by atoms with Crippen LogP contribution in [0, 0.1) is 10.1 Å². The maximum absolute atomic E-state index is 13.4. The topological polar surface area (TPSA) is 130 Å². The number of hydrogen-bond acceptors (Lipinski definition) is 6. The molecule has 0 bridgehead atoms. The van der Waals surface area contributed by atoms with Crippen molar-refractivity contribution in [3.05, 3.63) is 69.2 Å². The Balaban J connectivity index is 2.44. The maximum atomic E-state index is 13.4. The molecule has 0 aliphatic carbocycles. The smallest absolute Gasteiger partial charge is 0.271 e. The summed E-state index contributed by atoms with van der Waals surface area (Å²) in [5.74, 6) is -1.10. The molecule has 2 aromatic rings. The highest BCUT2D eigenvalue weighted by molar-refractivity contribution is 7.92. The zero-order valence-corrected chi connectivity index (χ0v) is 20.8. The van der Waals surface area contributed by atoms with E-state index in [1.165, 1.54) is 30.0 Å². The molecule has 0 fully saturated rings. The molecule has 0 radical (unpaired) electrons. The summed E-state index contributed by atoms with van der Waals surface area (Å²) in [5, 5.41) is 14.3. The number of rotatable bonds is 10. The molecule has 0 spiro atoms. The average Bonchev–Trinajstić information content (AvgIpc) is 2.75. The molecule has 34 heavy (non-hydrogen) atoms. The molecule has 2 rings (SSSR count). The number of benzene rings is 2. The minimum absolute atomic E-state index is 0.0398. The van der Waals surface area contributed by atoms with Crippen molar-refractivity contribution in [2.75, 3.05) is 17.1 Å². The predicted octanol–water partition coefficient (Wildman–Crippen LogP) is 2.96. The van der Waals surface area contributed by atoms with Crippen molar-refractivity contribution >= 4 is 44.8 Å². The lowest BCUT2D eigenvalue weighted by molar-refractivity contribution is -0.384. The van der Waals surface area contributed by atoms with Crippen LogP contribution in [0.4, 0.5) is 11.4 Å². The van der Waals surface area contributed by atoms with E-state index in [9.17, 15) is 28.1 Å². The number of halogens is 1. The van der Waals surface area contributed by atoms with E-state index >= 15 is 0 Å². The zero-order chi connectivity index (χ0) is 25.6. The summed E-state index contributed by atoms with van der Waals surface area (Å²) in [6.45, 7) is 4.38. The number of sulfonamides is 1. The van der Waals surface area contributed by atoms with Crippen molar-refractivity contribution in [3.63, 3.8) is 0 Å². The van der Waals surface area contributed by atoms with Gasteiger partial charge in [0.15, 0.2) is 0 Å². The first-order valence-corrected chi connectivity index (χ1v) is 12.6. The average molecular weight is 511 g/mol. The van der Waals surface area contributed by atoms with Gasteiger partial charge in [-0.15, -0.1) is 0 Å². The van der Waals surface area contributed by atoms with E-state index < -0.39 is 39.3 Å². The molecule has 0 saturated heterocycles. The Morgan fingerprint density at radius 2 is 1.76 bits per heavy atom. The number of nitrogens with one attached hydrogen (secondary N) is 1. The molecule has 0 aliphatic rings. The third-order valence-electron chi connectivity index (χ3n) is 4.90. The number of amides is 2. The Bertz CT molecular complexity index is 1170. The first kappa shape index (κ1) is 27.1. The van der Waals surface area contributed by atoms with Gasteiger partial charge in [-0.3, -0.25) is 24.0 Å². The van der Waals surface area contributed by atoms with Gasteiger partial charge in [0.1, 0.15) is 12.6 Å². The van der Waals surface area contributed by atoms with E-state index in [4.69, 9.17) is 11.6 Å². The van der Waals surface area contributed by atoms with Crippen LogP contribution in [0.5, 0.6) is 0 Å². The Morgan fingerprint density at radius 3 is 2.32 bits per heavy atom. The summed E-state index contributed by atoms with van der Waals surface area (Å²) in [6.07, 6.45) is 0.895. The van der Waals surface area contributed by atoms with Crippen LogP contribution >= 0.6 is 11.6 Å². The SMILES string of the molecule is CC(C)NC(=O)[C@H](C)N(Cc1ccccc1Cl)C(=O)CN(c1cccc([N+](=O)[O-])c1)S(C)(=O)=O. The normalized spacial score (nSPS) is 12.2. The lowest BCUT2D eigenvalue weighted by Crippen LogP contribution is -2.52. The van der Waals surface area contributed by atoms with E-state index in [0.717, 1.165) is 16.6 Å². The van der Waals surface area contributed by atoms with Crippen molar-refractivity contribution in [2.45, 2.75) is 39.4 Å². The highest BCUT2D eigenvalue weighted by atomic mass is 35.5. The van der Waals surface area contributed by atoms with Gasteiger partial charge in [-0.05, 0) is 38.5 Å². The third-order valence-corrected chi connectivity index (χ3v) is 6.41. The highest BCUT2D eigenvalue weighted by Crippen LogP contribution is 2.24. The number of hydrogen-bond donors (Lipinski definition) is 1. The number of non-ortho nitro benzene ring substituents is 1. The highest BCUT2D eigenvalue weighted by Gasteiger charge is 2.31. The van der Waals surface area contributed by atoms with Gasteiger partial charge in [-0.25, -0.2) is 8.42 Å². The van der Waals surface area contributed by atoms with Gasteiger partial charge in [0.25, 0.3) is 5.69 Å². The van der Waals surface area contributed by atoms with Crippen molar-refractivity contribution in [2.24, 2.45) is 0 Å². The van der Waals surface area contributed by atoms with Crippen LogP contribution in [0.1, 0.15) is 26.3 Å². The van der Waals surface area contributed by atoms with E-state index in [-0.39, 0.29) is 24.0 Å². The fraction of sp³-hybridized carbons (Fsp3) is 0.364. The summed E-state index contributed by atoms with van der Waals surface area (Å²) in [6, 6.07) is 10.6. The molecule has 1 atom stereocenters. The molecule has 12 heteroatoms. The van der Waals surface area contributed by atoms with Gasteiger partial charge >= 0.3 is 0 Å². The van der Waals surface area contributed by atoms with Gasteiger partial charge in [-0.1, -0.05) is 35.9 Å². The van der Waals surface area contributed by atoms with Gasteiger partial charge in [0.05, 0.1) is 16.9 Å². The summed E-state index contributed by atoms with van der Waals surface area (Å²) in [7, 11) is -4.00. The Kier molecular flexibility index (Phi) is 9.00. The quantitative estimate of drug-likeness (QED) is 0.386. The molecule has 10 nitrogen and oxygen atoms in total. The summed E-state index contributed by atoms with van der Waals surface area (Å²) in [4.78, 5) is 37.8. The van der Waals surface area contributed by atoms with Crippen LogP contribution in [0.3, 0.4) is 0 Å². The maximum Gasteiger partial charge on any atom is 0.271 e. The van der Waals surface area contributed by atoms with Gasteiger partial charge in [0.2, 0.25) is 21.8 Å². The fourth-order valence-electron chi connectivity index (χ4n) is 3.17. The van der Waals surface area contributed by atoms with Crippen LogP contribution < -0.4 is 9.62 Å². The molecular weight excluding hydrogens is 484 g/mol. The molecular formula is C22H27ClN4O6S. The van der Waals surface area contributed by atoms with Crippen molar-refractivity contribution in [3.8, 4) is 0 Å². The lowest BCUT2D eigenvalue weighted by Gasteiger charge is -2.32. The number of carbonyl (C=O) groups is 2. The Hall–Kier alpha value is -3.18. The molecule has 184 valence electrons. The first-order valence-electron chi connectivity index (χ1n) is 10.4. The molecule has 2 amide bonds. The van der Waals surface area contributed by atoms with Crippen LogP contribution in [-0.2, 0) is 26.2 Å². The fourth-order valence-corrected chi connectivity index (χ4v) is 4.21. The summed E-state index contributed by atoms with van der Waals surface area (Å²) >= 11 is 6.25. The Morgan fingerprint density at radius 1 is 1.12 bits per heavy atom. The number of carbonyl (C=O) groups excluding carboxylic acids is 2. The van der Waals surface area contributed by atoms with Crippen LogP contribution in [0.15, 0.2) is 48.5 Å². The second-order valence-electron chi connectivity index (χ2n) is 8.00. The van der Waals surface area contributed by atoms with Gasteiger partial charge in [0, 0.05) is 29.7 Å². The van der Waals surface area contributed by atoms with Crippen LogP contribution in [-0.4, -0.2) is 54.9 Å². The Labute approximate surface area is 203 Å². The third kappa shape index (κ3) is 7.16. The van der Waals surface area contributed by atoms with Crippen LogP contribution in [0.2, 0.25) is 5.02 Å². The minimum atomic E-state index is -4.00. The monoisotopic (exact) mass is 510 g/mol. The number of nitro benzene ring substituents is 1.